The molecule has 15 heavy (non-hydrogen) atoms. The van der Waals surface area contributed by atoms with Crippen LogP contribution in [0.4, 0.5) is 0 Å². The zero-order valence-corrected chi connectivity index (χ0v) is 11.7. The summed E-state index contributed by atoms with van der Waals surface area (Å²) in [6.45, 7) is 0. The van der Waals surface area contributed by atoms with Gasteiger partial charge >= 0.3 is 0 Å². The molecule has 0 bridgehead atoms. The topological polar surface area (TPSA) is 0 Å². The van der Waals surface area contributed by atoms with Crippen LogP contribution in [0.15, 0.2) is 29.2 Å². The van der Waals surface area contributed by atoms with Crippen LogP contribution in [0, 0.1) is 0 Å². The number of hydrogen-bond acceptors (Lipinski definition) is 2. The predicted octanol–water partition coefficient (Wildman–Crippen LogP) is 3.79. The van der Waals surface area contributed by atoms with Gasteiger partial charge in [0.1, 0.15) is 12.5 Å². The predicted molar refractivity (Wildman–Crippen MR) is 76.2 cm³/mol. The van der Waals surface area contributed by atoms with Crippen molar-refractivity contribution in [1.29, 1.82) is 0 Å². The molecule has 1 fully saturated rings. The van der Waals surface area contributed by atoms with Gasteiger partial charge in [0.05, 0.1) is 4.58 Å². The summed E-state index contributed by atoms with van der Waals surface area (Å²) < 4.78 is 0.684. The highest BCUT2D eigenvalue weighted by molar-refractivity contribution is 8.16. The van der Waals surface area contributed by atoms with E-state index < -0.39 is 0 Å². The van der Waals surface area contributed by atoms with E-state index in [0.29, 0.717) is 15.5 Å². The van der Waals surface area contributed by atoms with Crippen LogP contribution in [0.25, 0.3) is 0 Å². The van der Waals surface area contributed by atoms with Crippen molar-refractivity contribution >= 4 is 34.4 Å². The lowest BCUT2D eigenvalue weighted by Crippen LogP contribution is -2.01. The van der Waals surface area contributed by atoms with E-state index in [1.165, 1.54) is 28.4 Å². The maximum Gasteiger partial charge on any atom is 0.154 e. The minimum atomic E-state index is 0.394. The summed E-state index contributed by atoms with van der Waals surface area (Å²) in [5.74, 6) is 2.65. The lowest BCUT2D eigenvalue weighted by molar-refractivity contribution is 1.10. The molecule has 0 atom stereocenters. The summed E-state index contributed by atoms with van der Waals surface area (Å²) in [6, 6.07) is 9.24. The van der Waals surface area contributed by atoms with Gasteiger partial charge in [0, 0.05) is 10.9 Å². The molecule has 1 saturated heterocycles. The Morgan fingerprint density at radius 2 is 1.67 bits per heavy atom. The van der Waals surface area contributed by atoms with Crippen molar-refractivity contribution in [3.05, 3.63) is 29.8 Å². The molecule has 2 rings (SSSR count). The molecule has 0 aliphatic carbocycles. The highest BCUT2D eigenvalue weighted by atomic mass is 32.2. The molecule has 0 aromatic heterocycles. The number of hydrogen-bond donors (Lipinski definition) is 0. The lowest BCUT2D eigenvalue weighted by atomic mass is 10.2. The van der Waals surface area contributed by atoms with Gasteiger partial charge in [0.2, 0.25) is 0 Å². The summed E-state index contributed by atoms with van der Waals surface area (Å²) in [5, 5.41) is 0. The zero-order valence-electron chi connectivity index (χ0n) is 9.23. The van der Waals surface area contributed by atoms with Crippen LogP contribution in [0.1, 0.15) is 16.6 Å². The maximum absolute atomic E-state index is 2.32. The second kappa shape index (κ2) is 5.55. The van der Waals surface area contributed by atoms with Crippen molar-refractivity contribution in [2.45, 2.75) is 15.9 Å². The fraction of sp³-hybridized carbons (Fsp3) is 0.500. The molecular formula is C12H17S3+. The van der Waals surface area contributed by atoms with Crippen molar-refractivity contribution in [3.63, 3.8) is 0 Å². The summed E-state index contributed by atoms with van der Waals surface area (Å²) >= 11 is 4.19. The van der Waals surface area contributed by atoms with Crippen LogP contribution in [0.3, 0.4) is 0 Å². The van der Waals surface area contributed by atoms with Gasteiger partial charge in [-0.15, -0.1) is 23.5 Å². The summed E-state index contributed by atoms with van der Waals surface area (Å²) in [7, 11) is 0.394. The van der Waals surface area contributed by atoms with Crippen LogP contribution < -0.4 is 0 Å². The van der Waals surface area contributed by atoms with Gasteiger partial charge in [-0.1, -0.05) is 12.1 Å². The molecule has 1 heterocycles. The van der Waals surface area contributed by atoms with Crippen molar-refractivity contribution < 1.29 is 0 Å². The molecule has 1 aromatic carbocycles. The van der Waals surface area contributed by atoms with Crippen LogP contribution in [-0.2, 0) is 10.9 Å². The van der Waals surface area contributed by atoms with Gasteiger partial charge in [0.15, 0.2) is 4.90 Å². The van der Waals surface area contributed by atoms with Crippen molar-refractivity contribution in [2.75, 3.05) is 24.0 Å². The van der Waals surface area contributed by atoms with Crippen molar-refractivity contribution in [3.8, 4) is 0 Å². The molecule has 1 aliphatic heterocycles. The first kappa shape index (κ1) is 11.7. The van der Waals surface area contributed by atoms with Gasteiger partial charge in [-0.05, 0) is 35.6 Å². The fourth-order valence-corrected chi connectivity index (χ4v) is 5.15. The van der Waals surface area contributed by atoms with E-state index in [0.717, 1.165) is 0 Å². The van der Waals surface area contributed by atoms with E-state index in [1.807, 2.05) is 0 Å². The van der Waals surface area contributed by atoms with Crippen LogP contribution in [-0.4, -0.2) is 24.0 Å². The molecule has 0 unspecified atom stereocenters. The monoisotopic (exact) mass is 257 g/mol. The molecule has 82 valence electrons. The first-order chi connectivity index (χ1) is 7.27. The second-order valence-electron chi connectivity index (χ2n) is 3.81. The Balaban J connectivity index is 2.08. The van der Waals surface area contributed by atoms with Gasteiger partial charge in [-0.3, -0.25) is 0 Å². The van der Waals surface area contributed by atoms with Gasteiger partial charge < -0.3 is 0 Å². The highest BCUT2D eigenvalue weighted by Crippen LogP contribution is 2.43. The van der Waals surface area contributed by atoms with E-state index in [2.05, 4.69) is 60.3 Å². The molecule has 0 amide bonds. The Morgan fingerprint density at radius 3 is 2.20 bits per heavy atom. The van der Waals surface area contributed by atoms with E-state index in [1.54, 1.807) is 0 Å². The van der Waals surface area contributed by atoms with Crippen molar-refractivity contribution in [1.82, 2.24) is 0 Å². The standard InChI is InChI=1S/C12H17S3/c1-15(2)11-6-4-10(5-7-11)12-13-8-3-9-14-12/h4-7,12H,3,8-9H2,1-2H3/q+1. The number of rotatable bonds is 2. The Bertz CT molecular complexity index is 299. The molecule has 3 heteroatoms. The van der Waals surface area contributed by atoms with E-state index in [-0.39, 0.29) is 0 Å². The van der Waals surface area contributed by atoms with Crippen molar-refractivity contribution in [2.24, 2.45) is 0 Å². The Morgan fingerprint density at radius 1 is 1.07 bits per heavy atom. The van der Waals surface area contributed by atoms with Crippen LogP contribution >= 0.6 is 23.5 Å². The minimum Gasteiger partial charge on any atom is -0.143 e. The maximum atomic E-state index is 2.32. The van der Waals surface area contributed by atoms with Gasteiger partial charge in [-0.2, -0.15) is 0 Å². The first-order valence-electron chi connectivity index (χ1n) is 5.18. The smallest absolute Gasteiger partial charge is 0.143 e. The molecule has 1 aromatic rings. The lowest BCUT2D eigenvalue weighted by Gasteiger charge is -2.21. The third kappa shape index (κ3) is 3.11. The average Bonchev–Trinajstić information content (AvgIpc) is 2.30. The molecule has 0 N–H and O–H groups in total. The van der Waals surface area contributed by atoms with Gasteiger partial charge in [-0.25, -0.2) is 0 Å². The Labute approximate surface area is 104 Å². The summed E-state index contributed by atoms with van der Waals surface area (Å²) in [6.07, 6.45) is 5.93. The number of thioether (sulfide) groups is 2. The van der Waals surface area contributed by atoms with E-state index in [4.69, 9.17) is 0 Å². The normalized spacial score (nSPS) is 18.3. The minimum absolute atomic E-state index is 0.394. The SMILES string of the molecule is C[S+](C)c1ccc(C2SCCCS2)cc1. The number of benzene rings is 1. The highest BCUT2D eigenvalue weighted by Gasteiger charge is 2.17. The Hall–Kier alpha value is 0.270. The summed E-state index contributed by atoms with van der Waals surface area (Å²) in [4.78, 5) is 1.48. The first-order valence-corrected chi connectivity index (χ1v) is 9.32. The van der Waals surface area contributed by atoms with Crippen LogP contribution in [0.5, 0.6) is 0 Å². The molecule has 0 radical (unpaired) electrons. The fourth-order valence-electron chi connectivity index (χ4n) is 1.58. The Kier molecular flexibility index (Phi) is 4.35. The largest absolute Gasteiger partial charge is 0.154 e. The second-order valence-corrected chi connectivity index (χ2v) is 8.64. The third-order valence-electron chi connectivity index (χ3n) is 2.45. The van der Waals surface area contributed by atoms with E-state index in [9.17, 15) is 0 Å². The molecular weight excluding hydrogens is 240 g/mol. The average molecular weight is 257 g/mol. The van der Waals surface area contributed by atoms with E-state index >= 15 is 0 Å². The molecule has 1 aliphatic rings. The molecule has 0 spiro atoms. The third-order valence-corrected chi connectivity index (χ3v) is 6.68. The molecule has 0 nitrogen and oxygen atoms in total. The quantitative estimate of drug-likeness (QED) is 0.739. The zero-order chi connectivity index (χ0) is 10.7. The molecule has 0 saturated carbocycles. The summed E-state index contributed by atoms with van der Waals surface area (Å²) in [5.41, 5.74) is 1.50. The van der Waals surface area contributed by atoms with Gasteiger partial charge in [0.25, 0.3) is 0 Å². The van der Waals surface area contributed by atoms with Crippen LogP contribution in [0.2, 0.25) is 0 Å².